The van der Waals surface area contributed by atoms with Crippen LogP contribution in [0.2, 0.25) is 0 Å². The average molecular weight is 307 g/mol. The number of hydrogen-bond acceptors (Lipinski definition) is 3. The topological polar surface area (TPSA) is 26.0 Å². The summed E-state index contributed by atoms with van der Waals surface area (Å²) in [4.78, 5) is 2.67. The molecule has 1 unspecified atom stereocenters. The van der Waals surface area contributed by atoms with E-state index in [0.29, 0.717) is 11.1 Å². The van der Waals surface area contributed by atoms with Crippen molar-refractivity contribution >= 4 is 23.1 Å². The van der Waals surface area contributed by atoms with E-state index in [9.17, 15) is 4.39 Å². The van der Waals surface area contributed by atoms with Gasteiger partial charge in [0.1, 0.15) is 5.82 Å². The van der Waals surface area contributed by atoms with Crippen molar-refractivity contribution in [2.24, 2.45) is 5.73 Å². The van der Waals surface area contributed by atoms with Crippen LogP contribution in [0, 0.1) is 19.7 Å². The van der Waals surface area contributed by atoms with Gasteiger partial charge in [-0.1, -0.05) is 12.1 Å². The van der Waals surface area contributed by atoms with Gasteiger partial charge >= 0.3 is 0 Å². The van der Waals surface area contributed by atoms with E-state index in [0.717, 1.165) is 17.7 Å². The summed E-state index contributed by atoms with van der Waals surface area (Å²) < 4.78 is 13.7. The van der Waals surface area contributed by atoms with Crippen LogP contribution in [0.5, 0.6) is 0 Å². The van der Waals surface area contributed by atoms with E-state index in [1.165, 1.54) is 21.1 Å². The lowest BCUT2D eigenvalue weighted by Crippen LogP contribution is -2.11. The van der Waals surface area contributed by atoms with Crippen molar-refractivity contribution in [2.75, 3.05) is 5.75 Å². The number of rotatable bonds is 2. The fourth-order valence-corrected chi connectivity index (χ4v) is 5.05. The number of nitrogens with two attached hydrogens (primary N) is 1. The number of thiophene rings is 1. The number of thioether (sulfide) groups is 1. The summed E-state index contributed by atoms with van der Waals surface area (Å²) in [5.41, 5.74) is 10.2. The second-order valence-corrected chi connectivity index (χ2v) is 7.62. The third kappa shape index (κ3) is 2.52. The molecule has 0 amide bonds. The first-order valence-corrected chi connectivity index (χ1v) is 8.75. The Labute approximate surface area is 127 Å². The molecular weight excluding hydrogens is 289 g/mol. The molecule has 1 aliphatic heterocycles. The van der Waals surface area contributed by atoms with E-state index in [-0.39, 0.29) is 11.9 Å². The summed E-state index contributed by atoms with van der Waals surface area (Å²) in [6, 6.07) is 5.85. The molecule has 1 atom stereocenters. The van der Waals surface area contributed by atoms with E-state index < -0.39 is 0 Å². The van der Waals surface area contributed by atoms with Crippen LogP contribution in [-0.4, -0.2) is 5.75 Å². The molecule has 106 valence electrons. The zero-order valence-corrected chi connectivity index (χ0v) is 13.3. The Morgan fingerprint density at radius 2 is 1.90 bits per heavy atom. The molecule has 0 saturated heterocycles. The first-order chi connectivity index (χ1) is 9.56. The Morgan fingerprint density at radius 1 is 1.20 bits per heavy atom. The highest BCUT2D eigenvalue weighted by Gasteiger charge is 2.19. The van der Waals surface area contributed by atoms with Crippen LogP contribution in [0.25, 0.3) is 0 Å². The molecule has 20 heavy (non-hydrogen) atoms. The zero-order valence-electron chi connectivity index (χ0n) is 11.7. The number of fused-ring (bicyclic) bond motifs is 1. The van der Waals surface area contributed by atoms with Crippen LogP contribution >= 0.6 is 23.1 Å². The Bertz CT molecular complexity index is 601. The third-order valence-electron chi connectivity index (χ3n) is 3.77. The van der Waals surface area contributed by atoms with Crippen molar-refractivity contribution in [2.45, 2.75) is 32.1 Å². The minimum Gasteiger partial charge on any atom is -0.320 e. The van der Waals surface area contributed by atoms with Crippen LogP contribution < -0.4 is 5.73 Å². The lowest BCUT2D eigenvalue weighted by molar-refractivity contribution is 0.607. The SMILES string of the molecule is Cc1cc(C(N)c2cc3c(s2)CCSC3)cc(C)c1F. The van der Waals surface area contributed by atoms with Gasteiger partial charge in [0.2, 0.25) is 0 Å². The van der Waals surface area contributed by atoms with Crippen LogP contribution in [0.1, 0.15) is 38.0 Å². The molecule has 0 saturated carbocycles. The summed E-state index contributed by atoms with van der Waals surface area (Å²) in [7, 11) is 0. The van der Waals surface area contributed by atoms with E-state index in [2.05, 4.69) is 6.07 Å². The van der Waals surface area contributed by atoms with Crippen LogP contribution in [-0.2, 0) is 12.2 Å². The molecule has 1 aromatic heterocycles. The molecule has 2 heterocycles. The van der Waals surface area contributed by atoms with Crippen LogP contribution in [0.3, 0.4) is 0 Å². The van der Waals surface area contributed by atoms with Crippen LogP contribution in [0.4, 0.5) is 4.39 Å². The van der Waals surface area contributed by atoms with E-state index >= 15 is 0 Å². The summed E-state index contributed by atoms with van der Waals surface area (Å²) >= 11 is 3.80. The minimum atomic E-state index is -0.145. The molecule has 0 bridgehead atoms. The predicted molar refractivity (Wildman–Crippen MR) is 86.1 cm³/mol. The third-order valence-corrected chi connectivity index (χ3v) is 6.10. The first kappa shape index (κ1) is 14.1. The molecule has 0 radical (unpaired) electrons. The van der Waals surface area contributed by atoms with Gasteiger partial charge in [-0.05, 0) is 54.3 Å². The van der Waals surface area contributed by atoms with Gasteiger partial charge in [-0.2, -0.15) is 11.8 Å². The molecule has 1 aromatic carbocycles. The Hall–Kier alpha value is -0.840. The van der Waals surface area contributed by atoms with Gasteiger partial charge in [0, 0.05) is 15.5 Å². The van der Waals surface area contributed by atoms with Crippen molar-refractivity contribution in [3.63, 3.8) is 0 Å². The number of hydrogen-bond donors (Lipinski definition) is 1. The Morgan fingerprint density at radius 3 is 2.55 bits per heavy atom. The van der Waals surface area contributed by atoms with Gasteiger partial charge in [0.05, 0.1) is 6.04 Å². The fourth-order valence-electron chi connectivity index (χ4n) is 2.65. The highest BCUT2D eigenvalue weighted by molar-refractivity contribution is 7.98. The van der Waals surface area contributed by atoms with Crippen molar-refractivity contribution in [1.29, 1.82) is 0 Å². The zero-order chi connectivity index (χ0) is 14.3. The molecule has 3 rings (SSSR count). The van der Waals surface area contributed by atoms with E-state index in [4.69, 9.17) is 5.73 Å². The lowest BCUT2D eigenvalue weighted by Gasteiger charge is -2.13. The first-order valence-electron chi connectivity index (χ1n) is 6.77. The molecule has 0 fully saturated rings. The molecule has 2 N–H and O–H groups in total. The number of benzene rings is 1. The quantitative estimate of drug-likeness (QED) is 0.893. The molecule has 4 heteroatoms. The minimum absolute atomic E-state index is 0.122. The largest absolute Gasteiger partial charge is 0.320 e. The van der Waals surface area contributed by atoms with Crippen molar-refractivity contribution in [3.8, 4) is 0 Å². The van der Waals surface area contributed by atoms with E-state index in [1.54, 1.807) is 13.8 Å². The van der Waals surface area contributed by atoms with E-state index in [1.807, 2.05) is 35.2 Å². The summed E-state index contributed by atoms with van der Waals surface area (Å²) in [5.74, 6) is 2.18. The molecule has 1 aliphatic rings. The second kappa shape index (κ2) is 5.51. The standard InChI is InChI=1S/C16H18FNS2/c1-9-5-11(6-10(2)15(9)17)16(18)14-7-12-8-19-4-3-13(12)20-14/h5-7,16H,3-4,8,18H2,1-2H3. The molecule has 2 aromatic rings. The number of halogens is 1. The fraction of sp³-hybridized carbons (Fsp3) is 0.375. The maximum absolute atomic E-state index is 13.7. The monoisotopic (exact) mass is 307 g/mol. The molecule has 0 aliphatic carbocycles. The van der Waals surface area contributed by atoms with Crippen molar-refractivity contribution in [3.05, 3.63) is 56.0 Å². The van der Waals surface area contributed by atoms with Crippen LogP contribution in [0.15, 0.2) is 18.2 Å². The maximum atomic E-state index is 13.7. The van der Waals surface area contributed by atoms with Gasteiger partial charge < -0.3 is 5.73 Å². The highest BCUT2D eigenvalue weighted by atomic mass is 32.2. The van der Waals surface area contributed by atoms with Crippen molar-refractivity contribution < 1.29 is 4.39 Å². The smallest absolute Gasteiger partial charge is 0.129 e. The number of aryl methyl sites for hydroxylation is 3. The van der Waals surface area contributed by atoms with Gasteiger partial charge in [-0.25, -0.2) is 4.39 Å². The van der Waals surface area contributed by atoms with Gasteiger partial charge in [-0.15, -0.1) is 11.3 Å². The predicted octanol–water partition coefficient (Wildman–Crippen LogP) is 4.34. The Kier molecular flexibility index (Phi) is 3.89. The summed E-state index contributed by atoms with van der Waals surface area (Å²) in [5, 5.41) is 0. The summed E-state index contributed by atoms with van der Waals surface area (Å²) in [6.07, 6.45) is 1.15. The Balaban J connectivity index is 1.96. The highest BCUT2D eigenvalue weighted by Crippen LogP contribution is 2.36. The van der Waals surface area contributed by atoms with Gasteiger partial charge in [0.15, 0.2) is 0 Å². The van der Waals surface area contributed by atoms with Crippen molar-refractivity contribution in [1.82, 2.24) is 0 Å². The molecular formula is C16H18FNS2. The normalized spacial score (nSPS) is 16.0. The molecule has 1 nitrogen and oxygen atoms in total. The van der Waals surface area contributed by atoms with Gasteiger partial charge in [-0.3, -0.25) is 0 Å². The average Bonchev–Trinajstić information content (AvgIpc) is 2.87. The van der Waals surface area contributed by atoms with Gasteiger partial charge in [0.25, 0.3) is 0 Å². The second-order valence-electron chi connectivity index (χ2n) is 5.35. The summed E-state index contributed by atoms with van der Waals surface area (Å²) in [6.45, 7) is 3.60. The molecule has 0 spiro atoms. The maximum Gasteiger partial charge on any atom is 0.129 e. The lowest BCUT2D eigenvalue weighted by atomic mass is 10.00.